The van der Waals surface area contributed by atoms with Crippen molar-refractivity contribution in [3.8, 4) is 0 Å². The van der Waals surface area contributed by atoms with E-state index >= 15 is 0 Å². The Morgan fingerprint density at radius 3 is 2.43 bits per heavy atom. The highest BCUT2D eigenvalue weighted by Crippen LogP contribution is 2.32. The fourth-order valence-corrected chi connectivity index (χ4v) is 2.09. The summed E-state index contributed by atoms with van der Waals surface area (Å²) in [4.78, 5) is 15.5. The standard InChI is InChI=1S/C12H12F3N5S/c1-3-16-10-19-8(12(13,14)15)4-9(20-10)21-11-17-5-7(2)6-18-11/h4-6H,3H2,1-2H3,(H,16,19,20). The van der Waals surface area contributed by atoms with Crippen LogP contribution in [0.5, 0.6) is 0 Å². The molecule has 5 nitrogen and oxygen atoms in total. The molecule has 0 saturated carbocycles. The Kier molecular flexibility index (Phi) is 4.61. The molecule has 0 amide bonds. The quantitative estimate of drug-likeness (QED) is 0.690. The lowest BCUT2D eigenvalue weighted by atomic mass is 10.4. The summed E-state index contributed by atoms with van der Waals surface area (Å²) in [5.41, 5.74) is -0.130. The van der Waals surface area contributed by atoms with Gasteiger partial charge in [0.2, 0.25) is 5.95 Å². The summed E-state index contributed by atoms with van der Waals surface area (Å²) in [6, 6.07) is 0.884. The Labute approximate surface area is 123 Å². The molecule has 0 spiro atoms. The number of anilines is 1. The summed E-state index contributed by atoms with van der Waals surface area (Å²) < 4.78 is 38.5. The molecule has 2 rings (SSSR count). The van der Waals surface area contributed by atoms with Gasteiger partial charge in [-0.1, -0.05) is 0 Å². The molecule has 0 saturated heterocycles. The number of nitrogens with one attached hydrogen (secondary N) is 1. The molecule has 0 atom stereocenters. The lowest BCUT2D eigenvalue weighted by molar-refractivity contribution is -0.141. The number of halogens is 3. The molecule has 0 unspecified atom stereocenters. The van der Waals surface area contributed by atoms with E-state index in [2.05, 4.69) is 25.3 Å². The molecular formula is C12H12F3N5S. The third-order valence-electron chi connectivity index (χ3n) is 2.28. The predicted molar refractivity (Wildman–Crippen MR) is 72.1 cm³/mol. The molecule has 21 heavy (non-hydrogen) atoms. The van der Waals surface area contributed by atoms with Gasteiger partial charge in [0.15, 0.2) is 10.9 Å². The zero-order valence-corrected chi connectivity index (χ0v) is 12.1. The molecule has 0 aliphatic rings. The maximum Gasteiger partial charge on any atom is 0.433 e. The molecule has 2 heterocycles. The highest BCUT2D eigenvalue weighted by molar-refractivity contribution is 7.99. The van der Waals surface area contributed by atoms with Gasteiger partial charge in [-0.25, -0.2) is 19.9 Å². The van der Waals surface area contributed by atoms with Crippen molar-refractivity contribution in [1.29, 1.82) is 0 Å². The number of aromatic nitrogens is 4. The lowest BCUT2D eigenvalue weighted by Gasteiger charge is -2.10. The van der Waals surface area contributed by atoms with Gasteiger partial charge < -0.3 is 5.32 Å². The van der Waals surface area contributed by atoms with Gasteiger partial charge in [-0.2, -0.15) is 13.2 Å². The molecule has 0 aliphatic heterocycles. The Hall–Kier alpha value is -1.90. The van der Waals surface area contributed by atoms with Crippen LogP contribution in [-0.2, 0) is 6.18 Å². The second-order valence-electron chi connectivity index (χ2n) is 4.09. The van der Waals surface area contributed by atoms with Crippen LogP contribution in [0.4, 0.5) is 19.1 Å². The number of hydrogen-bond acceptors (Lipinski definition) is 6. The summed E-state index contributed by atoms with van der Waals surface area (Å²) in [6.07, 6.45) is -1.35. The van der Waals surface area contributed by atoms with Crippen LogP contribution in [0.1, 0.15) is 18.2 Å². The van der Waals surface area contributed by atoms with Gasteiger partial charge in [-0.15, -0.1) is 0 Å². The monoisotopic (exact) mass is 315 g/mol. The average Bonchev–Trinajstić information content (AvgIpc) is 2.41. The third kappa shape index (κ3) is 4.28. The molecule has 9 heteroatoms. The third-order valence-corrected chi connectivity index (χ3v) is 3.09. The molecule has 1 N–H and O–H groups in total. The minimum absolute atomic E-state index is 0.0677. The van der Waals surface area contributed by atoms with Crippen molar-refractivity contribution in [2.75, 3.05) is 11.9 Å². The molecular weight excluding hydrogens is 303 g/mol. The van der Waals surface area contributed by atoms with Crippen molar-refractivity contribution in [2.24, 2.45) is 0 Å². The van der Waals surface area contributed by atoms with Crippen molar-refractivity contribution in [3.05, 3.63) is 29.7 Å². The fourth-order valence-electron chi connectivity index (χ4n) is 1.39. The minimum atomic E-state index is -4.53. The highest BCUT2D eigenvalue weighted by atomic mass is 32.2. The molecule has 0 fully saturated rings. The van der Waals surface area contributed by atoms with Crippen LogP contribution < -0.4 is 5.32 Å². The largest absolute Gasteiger partial charge is 0.433 e. The molecule has 2 aromatic heterocycles. The molecule has 0 radical (unpaired) electrons. The van der Waals surface area contributed by atoms with Gasteiger partial charge in [0.05, 0.1) is 0 Å². The normalized spacial score (nSPS) is 11.5. The van der Waals surface area contributed by atoms with E-state index in [0.29, 0.717) is 11.7 Å². The van der Waals surface area contributed by atoms with E-state index in [0.717, 1.165) is 23.4 Å². The van der Waals surface area contributed by atoms with Crippen LogP contribution in [0.3, 0.4) is 0 Å². The summed E-state index contributed by atoms with van der Waals surface area (Å²) in [5, 5.41) is 3.14. The zero-order valence-electron chi connectivity index (χ0n) is 11.3. The van der Waals surface area contributed by atoms with E-state index in [1.54, 1.807) is 19.3 Å². The lowest BCUT2D eigenvalue weighted by Crippen LogP contribution is -2.12. The first kappa shape index (κ1) is 15.5. The van der Waals surface area contributed by atoms with E-state index in [1.165, 1.54) is 0 Å². The first-order valence-electron chi connectivity index (χ1n) is 6.05. The van der Waals surface area contributed by atoms with E-state index in [1.807, 2.05) is 6.92 Å². The maximum atomic E-state index is 12.8. The van der Waals surface area contributed by atoms with Gasteiger partial charge >= 0.3 is 6.18 Å². The van der Waals surface area contributed by atoms with Crippen molar-refractivity contribution >= 4 is 17.7 Å². The van der Waals surface area contributed by atoms with E-state index in [-0.39, 0.29) is 11.0 Å². The van der Waals surface area contributed by atoms with E-state index in [9.17, 15) is 13.2 Å². The highest BCUT2D eigenvalue weighted by Gasteiger charge is 2.33. The molecule has 0 bridgehead atoms. The summed E-state index contributed by atoms with van der Waals surface area (Å²) in [6.45, 7) is 4.00. The number of nitrogens with zero attached hydrogens (tertiary/aromatic N) is 4. The number of aryl methyl sites for hydroxylation is 1. The van der Waals surface area contributed by atoms with Crippen LogP contribution in [0.15, 0.2) is 28.6 Å². The summed E-state index contributed by atoms with van der Waals surface area (Å²) in [5.74, 6) is -0.0677. The van der Waals surface area contributed by atoms with Gasteiger partial charge in [-0.05, 0) is 31.2 Å². The molecule has 0 aliphatic carbocycles. The van der Waals surface area contributed by atoms with Gasteiger partial charge in [-0.3, -0.25) is 0 Å². The van der Waals surface area contributed by atoms with Crippen molar-refractivity contribution in [2.45, 2.75) is 30.2 Å². The van der Waals surface area contributed by atoms with Crippen molar-refractivity contribution < 1.29 is 13.2 Å². The van der Waals surface area contributed by atoms with Gasteiger partial charge in [0, 0.05) is 25.0 Å². The van der Waals surface area contributed by atoms with Crippen LogP contribution in [0.2, 0.25) is 0 Å². The van der Waals surface area contributed by atoms with Crippen molar-refractivity contribution in [1.82, 2.24) is 19.9 Å². The van der Waals surface area contributed by atoms with E-state index in [4.69, 9.17) is 0 Å². The Bertz CT molecular complexity index is 615. The first-order valence-corrected chi connectivity index (χ1v) is 6.87. The van der Waals surface area contributed by atoms with Gasteiger partial charge in [0.1, 0.15) is 5.03 Å². The van der Waals surface area contributed by atoms with Gasteiger partial charge in [0.25, 0.3) is 0 Å². The Balaban J connectivity index is 2.33. The molecule has 0 aromatic carbocycles. The van der Waals surface area contributed by atoms with Crippen LogP contribution in [0.25, 0.3) is 0 Å². The molecule has 2 aromatic rings. The summed E-state index contributed by atoms with van der Waals surface area (Å²) >= 11 is 0.953. The molecule has 112 valence electrons. The van der Waals surface area contributed by atoms with Crippen LogP contribution in [-0.4, -0.2) is 26.5 Å². The van der Waals surface area contributed by atoms with Crippen molar-refractivity contribution in [3.63, 3.8) is 0 Å². The zero-order chi connectivity index (χ0) is 15.5. The second kappa shape index (κ2) is 6.25. The maximum absolute atomic E-state index is 12.8. The topological polar surface area (TPSA) is 63.6 Å². The second-order valence-corrected chi connectivity index (χ2v) is 5.08. The fraction of sp³-hybridized carbons (Fsp3) is 0.333. The van der Waals surface area contributed by atoms with E-state index < -0.39 is 11.9 Å². The number of alkyl halides is 3. The van der Waals surface area contributed by atoms with Crippen LogP contribution >= 0.6 is 11.8 Å². The summed E-state index contributed by atoms with van der Waals surface area (Å²) in [7, 11) is 0. The minimum Gasteiger partial charge on any atom is -0.354 e. The smallest absolute Gasteiger partial charge is 0.354 e. The SMILES string of the molecule is CCNc1nc(Sc2ncc(C)cn2)cc(C(F)(F)F)n1. The number of hydrogen-bond donors (Lipinski definition) is 1. The Morgan fingerprint density at radius 1 is 1.19 bits per heavy atom. The average molecular weight is 315 g/mol. The first-order chi connectivity index (χ1) is 9.88. The van der Waals surface area contributed by atoms with Crippen LogP contribution in [0, 0.1) is 6.92 Å². The predicted octanol–water partition coefficient (Wildman–Crippen LogP) is 3.18. The Morgan fingerprint density at radius 2 is 1.86 bits per heavy atom. The number of rotatable bonds is 4.